The molecule has 2 atom stereocenters. The van der Waals surface area contributed by atoms with E-state index < -0.39 is 11.7 Å². The summed E-state index contributed by atoms with van der Waals surface area (Å²) in [4.78, 5) is 5.04. The van der Waals surface area contributed by atoms with Crippen molar-refractivity contribution in [1.29, 1.82) is 0 Å². The summed E-state index contributed by atoms with van der Waals surface area (Å²) in [6.07, 6.45) is -4.48. The maximum absolute atomic E-state index is 12.8. The summed E-state index contributed by atoms with van der Waals surface area (Å²) in [5, 5.41) is 3.41. The van der Waals surface area contributed by atoms with Gasteiger partial charge in [-0.3, -0.25) is 0 Å². The second-order valence-electron chi connectivity index (χ2n) is 4.11. The number of oxime groups is 1. The molecule has 0 saturated heterocycles. The summed E-state index contributed by atoms with van der Waals surface area (Å²) in [7, 11) is 0. The molecule has 0 N–H and O–H groups in total. The van der Waals surface area contributed by atoms with Gasteiger partial charge in [-0.2, -0.15) is 13.2 Å². The van der Waals surface area contributed by atoms with Crippen LogP contribution < -0.4 is 0 Å². The zero-order chi connectivity index (χ0) is 13.3. The summed E-state index contributed by atoms with van der Waals surface area (Å²) in [5.74, 6) is 0. The van der Waals surface area contributed by atoms with Crippen molar-refractivity contribution in [2.24, 2.45) is 5.16 Å². The molecular formula is C12H11ClF3NO. The van der Waals surface area contributed by atoms with Crippen LogP contribution >= 0.6 is 11.6 Å². The van der Waals surface area contributed by atoms with E-state index in [9.17, 15) is 13.2 Å². The standard InChI is InChI=1S/C12H11ClF3NO/c1-7(13)11-6-10(17-18-11)8-4-2-3-5-9(8)12(14,15)16/h2-5,7,11H,6H2,1H3. The van der Waals surface area contributed by atoms with Gasteiger partial charge in [0.1, 0.15) is 6.10 Å². The van der Waals surface area contributed by atoms with Gasteiger partial charge in [-0.1, -0.05) is 23.4 Å². The van der Waals surface area contributed by atoms with E-state index in [1.165, 1.54) is 12.1 Å². The third-order valence-corrected chi connectivity index (χ3v) is 3.03. The van der Waals surface area contributed by atoms with Crippen molar-refractivity contribution in [1.82, 2.24) is 0 Å². The zero-order valence-electron chi connectivity index (χ0n) is 9.54. The maximum atomic E-state index is 12.8. The van der Waals surface area contributed by atoms with Gasteiger partial charge in [0.15, 0.2) is 0 Å². The fourth-order valence-corrected chi connectivity index (χ4v) is 1.92. The summed E-state index contributed by atoms with van der Waals surface area (Å²) in [6.45, 7) is 1.72. The van der Waals surface area contributed by atoms with Gasteiger partial charge in [0.25, 0.3) is 0 Å². The average molecular weight is 278 g/mol. The first-order valence-corrected chi connectivity index (χ1v) is 5.86. The minimum Gasteiger partial charge on any atom is -0.390 e. The largest absolute Gasteiger partial charge is 0.417 e. The van der Waals surface area contributed by atoms with Crippen molar-refractivity contribution in [3.63, 3.8) is 0 Å². The lowest BCUT2D eigenvalue weighted by atomic mass is 9.98. The van der Waals surface area contributed by atoms with Crippen molar-refractivity contribution in [3.05, 3.63) is 35.4 Å². The Kier molecular flexibility index (Phi) is 3.52. The second-order valence-corrected chi connectivity index (χ2v) is 4.80. The smallest absolute Gasteiger partial charge is 0.390 e. The van der Waals surface area contributed by atoms with E-state index in [-0.39, 0.29) is 23.5 Å². The van der Waals surface area contributed by atoms with Gasteiger partial charge in [0.2, 0.25) is 0 Å². The molecule has 0 saturated carbocycles. The molecule has 1 aromatic carbocycles. The van der Waals surface area contributed by atoms with Crippen LogP contribution in [0.3, 0.4) is 0 Å². The van der Waals surface area contributed by atoms with Gasteiger partial charge >= 0.3 is 6.18 Å². The molecule has 0 fully saturated rings. The van der Waals surface area contributed by atoms with E-state index in [1.807, 2.05) is 0 Å². The van der Waals surface area contributed by atoms with E-state index in [0.29, 0.717) is 5.71 Å². The number of rotatable bonds is 2. The number of halogens is 4. The van der Waals surface area contributed by atoms with Gasteiger partial charge in [0, 0.05) is 12.0 Å². The van der Waals surface area contributed by atoms with Crippen LogP contribution in [0.15, 0.2) is 29.4 Å². The molecule has 0 bridgehead atoms. The molecule has 2 rings (SSSR count). The van der Waals surface area contributed by atoms with Crippen molar-refractivity contribution >= 4 is 17.3 Å². The van der Waals surface area contributed by atoms with Crippen LogP contribution in [0.5, 0.6) is 0 Å². The predicted molar refractivity (Wildman–Crippen MR) is 62.8 cm³/mol. The highest BCUT2D eigenvalue weighted by Crippen LogP contribution is 2.34. The van der Waals surface area contributed by atoms with E-state index in [2.05, 4.69) is 5.16 Å². The second kappa shape index (κ2) is 4.80. The molecule has 1 aromatic rings. The SMILES string of the molecule is CC(Cl)C1CC(c2ccccc2C(F)(F)F)=NO1. The fourth-order valence-electron chi connectivity index (χ4n) is 1.78. The fraction of sp³-hybridized carbons (Fsp3) is 0.417. The monoisotopic (exact) mass is 277 g/mol. The average Bonchev–Trinajstić information content (AvgIpc) is 2.77. The van der Waals surface area contributed by atoms with Crippen LogP contribution in [0.25, 0.3) is 0 Å². The van der Waals surface area contributed by atoms with Crippen LogP contribution in [0.2, 0.25) is 0 Å². The molecule has 1 heterocycles. The number of hydrogen-bond acceptors (Lipinski definition) is 2. The number of nitrogens with zero attached hydrogens (tertiary/aromatic N) is 1. The van der Waals surface area contributed by atoms with Gasteiger partial charge in [-0.15, -0.1) is 11.6 Å². The lowest BCUT2D eigenvalue weighted by Crippen LogP contribution is -2.19. The minimum atomic E-state index is -4.40. The summed E-state index contributed by atoms with van der Waals surface area (Å²) >= 11 is 5.85. The van der Waals surface area contributed by atoms with Gasteiger partial charge in [0.05, 0.1) is 16.7 Å². The van der Waals surface area contributed by atoms with Crippen LogP contribution in [-0.4, -0.2) is 17.2 Å². The predicted octanol–water partition coefficient (Wildman–Crippen LogP) is 3.83. The number of benzene rings is 1. The molecule has 18 heavy (non-hydrogen) atoms. The molecule has 0 radical (unpaired) electrons. The molecule has 1 aliphatic heterocycles. The molecule has 0 spiro atoms. The van der Waals surface area contributed by atoms with Crippen LogP contribution in [-0.2, 0) is 11.0 Å². The quantitative estimate of drug-likeness (QED) is 0.753. The first kappa shape index (κ1) is 13.2. The molecular weight excluding hydrogens is 267 g/mol. The highest BCUT2D eigenvalue weighted by Gasteiger charge is 2.36. The van der Waals surface area contributed by atoms with Gasteiger partial charge in [-0.25, -0.2) is 0 Å². The Bertz CT molecular complexity index is 471. The van der Waals surface area contributed by atoms with Gasteiger partial charge < -0.3 is 4.84 Å². The highest BCUT2D eigenvalue weighted by atomic mass is 35.5. The number of hydrogen-bond donors (Lipinski definition) is 0. The van der Waals surface area contributed by atoms with Crippen LogP contribution in [0.4, 0.5) is 13.2 Å². The molecule has 2 unspecified atom stereocenters. The Labute approximate surface area is 107 Å². The van der Waals surface area contributed by atoms with Crippen molar-refractivity contribution < 1.29 is 18.0 Å². The Hall–Kier alpha value is -1.23. The van der Waals surface area contributed by atoms with Crippen molar-refractivity contribution in [2.45, 2.75) is 31.0 Å². The van der Waals surface area contributed by atoms with E-state index in [0.717, 1.165) is 6.07 Å². The van der Waals surface area contributed by atoms with E-state index in [1.54, 1.807) is 13.0 Å². The van der Waals surface area contributed by atoms with Gasteiger partial charge in [-0.05, 0) is 13.0 Å². The third-order valence-electron chi connectivity index (χ3n) is 2.75. The molecule has 98 valence electrons. The first-order valence-electron chi connectivity index (χ1n) is 5.43. The third kappa shape index (κ3) is 2.61. The van der Waals surface area contributed by atoms with E-state index >= 15 is 0 Å². The molecule has 0 aromatic heterocycles. The minimum absolute atomic E-state index is 0.0600. The number of alkyl halides is 4. The summed E-state index contributed by atoms with van der Waals surface area (Å²) < 4.78 is 38.5. The zero-order valence-corrected chi connectivity index (χ0v) is 10.3. The lowest BCUT2D eigenvalue weighted by molar-refractivity contribution is -0.137. The lowest BCUT2D eigenvalue weighted by Gasteiger charge is -2.12. The Morgan fingerprint density at radius 3 is 2.61 bits per heavy atom. The van der Waals surface area contributed by atoms with Crippen LogP contribution in [0.1, 0.15) is 24.5 Å². The molecule has 2 nitrogen and oxygen atoms in total. The summed E-state index contributed by atoms with van der Waals surface area (Å²) in [5.41, 5.74) is -0.347. The maximum Gasteiger partial charge on any atom is 0.417 e. The van der Waals surface area contributed by atoms with Crippen molar-refractivity contribution in [3.8, 4) is 0 Å². The Morgan fingerprint density at radius 1 is 1.39 bits per heavy atom. The Morgan fingerprint density at radius 2 is 2.06 bits per heavy atom. The molecule has 1 aliphatic rings. The summed E-state index contributed by atoms with van der Waals surface area (Å²) in [6, 6.07) is 5.33. The topological polar surface area (TPSA) is 21.6 Å². The van der Waals surface area contributed by atoms with Crippen LogP contribution in [0, 0.1) is 0 Å². The highest BCUT2D eigenvalue weighted by molar-refractivity contribution is 6.21. The Balaban J connectivity index is 2.31. The molecule has 0 aliphatic carbocycles. The normalized spacial score (nSPS) is 21.4. The molecule has 6 heteroatoms. The van der Waals surface area contributed by atoms with Crippen molar-refractivity contribution in [2.75, 3.05) is 0 Å². The molecule has 0 amide bonds. The first-order chi connectivity index (χ1) is 8.39. The van der Waals surface area contributed by atoms with E-state index in [4.69, 9.17) is 16.4 Å².